The quantitative estimate of drug-likeness (QED) is 0.655. The number of likely N-dealkylation sites (tertiary alicyclic amines) is 1. The molecule has 1 N–H and O–H groups in total. The molecule has 0 aromatic heterocycles. The van der Waals surface area contributed by atoms with Gasteiger partial charge in [0.1, 0.15) is 6.54 Å². The van der Waals surface area contributed by atoms with Gasteiger partial charge < -0.3 is 10.2 Å². The van der Waals surface area contributed by atoms with Crippen molar-refractivity contribution in [2.24, 2.45) is 0 Å². The first-order chi connectivity index (χ1) is 15.7. The van der Waals surface area contributed by atoms with Crippen molar-refractivity contribution in [3.63, 3.8) is 0 Å². The molecule has 1 saturated heterocycles. The van der Waals surface area contributed by atoms with Crippen LogP contribution in [-0.2, 0) is 14.8 Å². The lowest BCUT2D eigenvalue weighted by molar-refractivity contribution is -0.114. The second-order valence-corrected chi connectivity index (χ2v) is 10.7. The normalized spacial score (nSPS) is 14.6. The fourth-order valence-electron chi connectivity index (χ4n) is 4.13. The van der Waals surface area contributed by atoms with Gasteiger partial charge in [-0.25, -0.2) is 8.42 Å². The minimum absolute atomic E-state index is 0.0838. The number of rotatable bonds is 7. The summed E-state index contributed by atoms with van der Waals surface area (Å²) in [5.41, 5.74) is 2.13. The van der Waals surface area contributed by atoms with Gasteiger partial charge in [0, 0.05) is 13.1 Å². The predicted octanol–water partition coefficient (Wildman–Crippen LogP) is 4.23. The van der Waals surface area contributed by atoms with Crippen LogP contribution in [0.25, 0.3) is 0 Å². The fraction of sp³-hybridized carbons (Fsp3) is 0.440. The Kier molecular flexibility index (Phi) is 8.13. The van der Waals surface area contributed by atoms with Gasteiger partial charge in [0.05, 0.1) is 23.2 Å². The highest BCUT2D eigenvalue weighted by Crippen LogP contribution is 2.29. The Morgan fingerprint density at radius 1 is 0.970 bits per heavy atom. The van der Waals surface area contributed by atoms with Crippen molar-refractivity contribution < 1.29 is 18.0 Å². The lowest BCUT2D eigenvalue weighted by atomic mass is 10.0. The van der Waals surface area contributed by atoms with E-state index >= 15 is 0 Å². The Labute approximate surface area is 196 Å². The summed E-state index contributed by atoms with van der Waals surface area (Å²) in [5, 5.41) is 2.77. The number of para-hydroxylation sites is 2. The number of carbonyl (C=O) groups excluding carboxylic acids is 2. The second-order valence-electron chi connectivity index (χ2n) is 8.78. The summed E-state index contributed by atoms with van der Waals surface area (Å²) in [6.07, 6.45) is 5.26. The van der Waals surface area contributed by atoms with Crippen molar-refractivity contribution in [1.29, 1.82) is 0 Å². The Balaban J connectivity index is 1.83. The molecule has 0 bridgehead atoms. The summed E-state index contributed by atoms with van der Waals surface area (Å²) >= 11 is 0. The molecule has 0 aliphatic carbocycles. The van der Waals surface area contributed by atoms with E-state index in [9.17, 15) is 18.0 Å². The first-order valence-corrected chi connectivity index (χ1v) is 13.3. The Morgan fingerprint density at radius 2 is 1.58 bits per heavy atom. The summed E-state index contributed by atoms with van der Waals surface area (Å²) in [6, 6.07) is 14.1. The van der Waals surface area contributed by atoms with Crippen LogP contribution in [0.15, 0.2) is 48.5 Å². The third kappa shape index (κ3) is 6.35. The van der Waals surface area contributed by atoms with Crippen LogP contribution < -0.4 is 9.62 Å². The number of nitrogens with one attached hydrogen (secondary N) is 1. The van der Waals surface area contributed by atoms with Crippen LogP contribution >= 0.6 is 0 Å². The average Bonchev–Trinajstić information content (AvgIpc) is 3.06. The highest BCUT2D eigenvalue weighted by molar-refractivity contribution is 7.92. The van der Waals surface area contributed by atoms with Gasteiger partial charge in [-0.15, -0.1) is 0 Å². The Bertz CT molecular complexity index is 1090. The molecule has 0 unspecified atom stereocenters. The third-order valence-corrected chi connectivity index (χ3v) is 6.97. The smallest absolute Gasteiger partial charge is 0.255 e. The van der Waals surface area contributed by atoms with Gasteiger partial charge in [-0.3, -0.25) is 13.9 Å². The van der Waals surface area contributed by atoms with Crippen molar-refractivity contribution in [1.82, 2.24) is 4.90 Å². The molecule has 2 amide bonds. The number of benzene rings is 2. The second kappa shape index (κ2) is 10.8. The fourth-order valence-corrected chi connectivity index (χ4v) is 5.00. The topological polar surface area (TPSA) is 86.8 Å². The van der Waals surface area contributed by atoms with Gasteiger partial charge in [0.25, 0.3) is 5.91 Å². The zero-order chi connectivity index (χ0) is 24.0. The van der Waals surface area contributed by atoms with E-state index in [0.29, 0.717) is 30.0 Å². The van der Waals surface area contributed by atoms with Crippen molar-refractivity contribution in [2.45, 2.75) is 45.4 Å². The van der Waals surface area contributed by atoms with E-state index in [-0.39, 0.29) is 18.4 Å². The molecule has 0 atom stereocenters. The largest absolute Gasteiger partial charge is 0.339 e. The van der Waals surface area contributed by atoms with E-state index in [1.807, 2.05) is 30.9 Å². The summed E-state index contributed by atoms with van der Waals surface area (Å²) in [6.45, 7) is 4.98. The van der Waals surface area contributed by atoms with Gasteiger partial charge in [0.15, 0.2) is 0 Å². The van der Waals surface area contributed by atoms with Gasteiger partial charge in [-0.1, -0.05) is 57.0 Å². The van der Waals surface area contributed by atoms with Crippen molar-refractivity contribution >= 4 is 33.2 Å². The maximum Gasteiger partial charge on any atom is 0.255 e. The van der Waals surface area contributed by atoms with Crippen molar-refractivity contribution in [2.75, 3.05) is 35.5 Å². The lowest BCUT2D eigenvalue weighted by Gasteiger charge is -2.26. The van der Waals surface area contributed by atoms with Gasteiger partial charge in [-0.05, 0) is 42.5 Å². The highest BCUT2D eigenvalue weighted by Gasteiger charge is 2.25. The zero-order valence-electron chi connectivity index (χ0n) is 19.6. The number of carbonyl (C=O) groups is 2. The summed E-state index contributed by atoms with van der Waals surface area (Å²) in [4.78, 5) is 28.0. The average molecular weight is 472 g/mol. The summed E-state index contributed by atoms with van der Waals surface area (Å²) < 4.78 is 26.3. The molecule has 1 heterocycles. The van der Waals surface area contributed by atoms with E-state index in [1.54, 1.807) is 36.4 Å². The molecular weight excluding hydrogens is 438 g/mol. The SMILES string of the molecule is CC(C)c1ccccc1N(CC(=O)Nc1ccccc1C(=O)N1CCCCCC1)S(C)(=O)=O. The van der Waals surface area contributed by atoms with Gasteiger partial charge >= 0.3 is 0 Å². The third-order valence-electron chi connectivity index (χ3n) is 5.84. The van der Waals surface area contributed by atoms with Crippen LogP contribution in [0.2, 0.25) is 0 Å². The minimum atomic E-state index is -3.71. The maximum atomic E-state index is 13.1. The number of anilines is 2. The first-order valence-electron chi connectivity index (χ1n) is 11.4. The molecule has 2 aromatic rings. The molecule has 178 valence electrons. The molecule has 33 heavy (non-hydrogen) atoms. The van der Waals surface area contributed by atoms with Crippen molar-refractivity contribution in [3.05, 3.63) is 59.7 Å². The molecule has 0 spiro atoms. The van der Waals surface area contributed by atoms with Gasteiger partial charge in [0.2, 0.25) is 15.9 Å². The standard InChI is InChI=1S/C25H33N3O4S/c1-19(2)20-12-7-9-15-23(20)28(33(3,31)32)18-24(29)26-22-14-8-6-13-21(22)25(30)27-16-10-4-5-11-17-27/h6-9,12-15,19H,4-5,10-11,16-18H2,1-3H3,(H,26,29). The Morgan fingerprint density at radius 3 is 2.21 bits per heavy atom. The van der Waals surface area contributed by atoms with Crippen LogP contribution in [-0.4, -0.2) is 51.0 Å². The minimum Gasteiger partial charge on any atom is -0.339 e. The summed E-state index contributed by atoms with van der Waals surface area (Å²) in [5.74, 6) is -0.534. The number of hydrogen-bond acceptors (Lipinski definition) is 4. The molecule has 7 nitrogen and oxygen atoms in total. The number of nitrogens with zero attached hydrogens (tertiary/aromatic N) is 2. The van der Waals surface area contributed by atoms with Crippen LogP contribution in [0, 0.1) is 0 Å². The van der Waals surface area contributed by atoms with E-state index < -0.39 is 15.9 Å². The molecule has 0 radical (unpaired) electrons. The molecule has 0 saturated carbocycles. The maximum absolute atomic E-state index is 13.1. The zero-order valence-corrected chi connectivity index (χ0v) is 20.4. The molecule has 1 fully saturated rings. The van der Waals surface area contributed by atoms with E-state index in [2.05, 4.69) is 5.32 Å². The molecule has 1 aliphatic rings. The first kappa shape index (κ1) is 24.8. The predicted molar refractivity (Wildman–Crippen MR) is 132 cm³/mol. The van der Waals surface area contributed by atoms with E-state index in [0.717, 1.165) is 41.8 Å². The van der Waals surface area contributed by atoms with Crippen LogP contribution in [0.3, 0.4) is 0 Å². The van der Waals surface area contributed by atoms with Crippen molar-refractivity contribution in [3.8, 4) is 0 Å². The van der Waals surface area contributed by atoms with Gasteiger partial charge in [-0.2, -0.15) is 0 Å². The van der Waals surface area contributed by atoms with E-state index in [4.69, 9.17) is 0 Å². The molecule has 2 aromatic carbocycles. The number of sulfonamides is 1. The number of amides is 2. The molecule has 1 aliphatic heterocycles. The van der Waals surface area contributed by atoms with Crippen LogP contribution in [0.5, 0.6) is 0 Å². The van der Waals surface area contributed by atoms with Crippen LogP contribution in [0.4, 0.5) is 11.4 Å². The lowest BCUT2D eigenvalue weighted by Crippen LogP contribution is -2.38. The van der Waals surface area contributed by atoms with E-state index in [1.165, 1.54) is 0 Å². The summed E-state index contributed by atoms with van der Waals surface area (Å²) in [7, 11) is -3.71. The molecule has 3 rings (SSSR count). The monoisotopic (exact) mass is 471 g/mol. The number of hydrogen-bond donors (Lipinski definition) is 1. The van der Waals surface area contributed by atoms with Crippen LogP contribution in [0.1, 0.15) is 61.4 Å². The highest BCUT2D eigenvalue weighted by atomic mass is 32.2. The Hall–Kier alpha value is -2.87. The molecule has 8 heteroatoms. The molecular formula is C25H33N3O4S.